The van der Waals surface area contributed by atoms with Crippen molar-refractivity contribution in [2.45, 2.75) is 33.1 Å². The fourth-order valence-corrected chi connectivity index (χ4v) is 3.56. The number of nitrogens with one attached hydrogen (secondary N) is 1. The molecule has 1 amide bonds. The smallest absolute Gasteiger partial charge is 0.254 e. The highest BCUT2D eigenvalue weighted by molar-refractivity contribution is 5.96. The van der Waals surface area contributed by atoms with E-state index in [2.05, 4.69) is 25.2 Å². The third kappa shape index (κ3) is 2.35. The Hall–Kier alpha value is -1.35. The van der Waals surface area contributed by atoms with Crippen molar-refractivity contribution in [2.75, 3.05) is 26.2 Å². The molecule has 0 aliphatic carbocycles. The van der Waals surface area contributed by atoms with E-state index in [1.807, 2.05) is 17.0 Å². The molecular weight excluding hydrogens is 248 g/mol. The van der Waals surface area contributed by atoms with Crippen LogP contribution in [0.1, 0.15) is 40.7 Å². The predicted molar refractivity (Wildman–Crippen MR) is 81.0 cm³/mol. The fourth-order valence-electron chi connectivity index (χ4n) is 3.56. The number of likely N-dealkylation sites (tertiary alicyclic amines) is 1. The summed E-state index contributed by atoms with van der Waals surface area (Å²) in [6.07, 6.45) is 3.58. The quantitative estimate of drug-likeness (QED) is 0.852. The fraction of sp³-hybridized carbons (Fsp3) is 0.588. The molecule has 0 radical (unpaired) electrons. The lowest BCUT2D eigenvalue weighted by molar-refractivity contribution is 0.0607. The molecule has 2 aliphatic heterocycles. The lowest BCUT2D eigenvalue weighted by Gasteiger charge is -2.39. The van der Waals surface area contributed by atoms with Crippen molar-refractivity contribution in [1.29, 1.82) is 0 Å². The number of aryl methyl sites for hydroxylation is 1. The molecule has 0 atom stereocenters. The maximum atomic E-state index is 12.7. The van der Waals surface area contributed by atoms with E-state index in [0.717, 1.165) is 50.1 Å². The zero-order valence-electron chi connectivity index (χ0n) is 12.5. The molecule has 2 aliphatic rings. The highest BCUT2D eigenvalue weighted by atomic mass is 16.2. The second kappa shape index (κ2) is 5.21. The van der Waals surface area contributed by atoms with E-state index in [9.17, 15) is 4.79 Å². The maximum Gasteiger partial charge on any atom is 0.254 e. The van der Waals surface area contributed by atoms with Crippen LogP contribution in [0, 0.1) is 19.3 Å². The van der Waals surface area contributed by atoms with Gasteiger partial charge in [0, 0.05) is 25.2 Å². The molecule has 0 saturated carbocycles. The van der Waals surface area contributed by atoms with Gasteiger partial charge in [-0.2, -0.15) is 0 Å². The van der Waals surface area contributed by atoms with Gasteiger partial charge in [0.1, 0.15) is 0 Å². The van der Waals surface area contributed by atoms with E-state index >= 15 is 0 Å². The molecule has 2 saturated heterocycles. The van der Waals surface area contributed by atoms with Crippen LogP contribution >= 0.6 is 0 Å². The van der Waals surface area contributed by atoms with Crippen molar-refractivity contribution in [2.24, 2.45) is 5.41 Å². The predicted octanol–water partition coefficient (Wildman–Crippen LogP) is 2.52. The van der Waals surface area contributed by atoms with Crippen molar-refractivity contribution in [3.63, 3.8) is 0 Å². The van der Waals surface area contributed by atoms with Crippen LogP contribution in [0.3, 0.4) is 0 Å². The number of hydrogen-bond donors (Lipinski definition) is 1. The van der Waals surface area contributed by atoms with Gasteiger partial charge in [-0.05, 0) is 62.3 Å². The first-order valence-electron chi connectivity index (χ1n) is 7.68. The summed E-state index contributed by atoms with van der Waals surface area (Å²) in [7, 11) is 0. The largest absolute Gasteiger partial charge is 0.339 e. The Balaban J connectivity index is 1.71. The highest BCUT2D eigenvalue weighted by Gasteiger charge is 2.38. The molecule has 0 unspecified atom stereocenters. The lowest BCUT2D eigenvalue weighted by Crippen LogP contribution is -2.44. The monoisotopic (exact) mass is 272 g/mol. The molecule has 0 aromatic heterocycles. The Morgan fingerprint density at radius 3 is 2.60 bits per heavy atom. The van der Waals surface area contributed by atoms with Crippen molar-refractivity contribution >= 4 is 5.91 Å². The zero-order chi connectivity index (χ0) is 14.2. The molecule has 1 aromatic rings. The lowest BCUT2D eigenvalue weighted by atomic mass is 9.77. The number of carbonyl (C=O) groups is 1. The van der Waals surface area contributed by atoms with Gasteiger partial charge in [0.05, 0.1) is 0 Å². The molecule has 2 fully saturated rings. The van der Waals surface area contributed by atoms with Gasteiger partial charge in [-0.1, -0.05) is 12.1 Å². The maximum absolute atomic E-state index is 12.7. The van der Waals surface area contributed by atoms with Crippen LogP contribution in [0.15, 0.2) is 18.2 Å². The van der Waals surface area contributed by atoms with E-state index < -0.39 is 0 Å². The van der Waals surface area contributed by atoms with Crippen LogP contribution in [0.4, 0.5) is 0 Å². The molecule has 3 nitrogen and oxygen atoms in total. The van der Waals surface area contributed by atoms with Crippen LogP contribution in [0.25, 0.3) is 0 Å². The molecule has 2 heterocycles. The number of rotatable bonds is 1. The SMILES string of the molecule is Cc1cccc(C(=O)N2CCC3(CCNC3)CC2)c1C. The van der Waals surface area contributed by atoms with Crippen LogP contribution < -0.4 is 5.32 Å². The van der Waals surface area contributed by atoms with E-state index in [-0.39, 0.29) is 5.91 Å². The molecule has 3 rings (SSSR count). The van der Waals surface area contributed by atoms with Crippen LogP contribution in [0.5, 0.6) is 0 Å². The zero-order valence-corrected chi connectivity index (χ0v) is 12.5. The topological polar surface area (TPSA) is 32.3 Å². The Morgan fingerprint density at radius 2 is 1.95 bits per heavy atom. The van der Waals surface area contributed by atoms with Crippen LogP contribution in [-0.4, -0.2) is 37.0 Å². The minimum absolute atomic E-state index is 0.215. The first kappa shape index (κ1) is 13.6. The number of amides is 1. The Labute approximate surface area is 121 Å². The molecule has 1 aromatic carbocycles. The first-order chi connectivity index (χ1) is 9.61. The molecule has 0 bridgehead atoms. The van der Waals surface area contributed by atoms with Gasteiger partial charge in [-0.3, -0.25) is 4.79 Å². The average molecular weight is 272 g/mol. The van der Waals surface area contributed by atoms with E-state index in [4.69, 9.17) is 0 Å². The van der Waals surface area contributed by atoms with E-state index in [1.165, 1.54) is 12.0 Å². The summed E-state index contributed by atoms with van der Waals surface area (Å²) < 4.78 is 0. The van der Waals surface area contributed by atoms with Gasteiger partial charge < -0.3 is 10.2 Å². The van der Waals surface area contributed by atoms with Gasteiger partial charge in [0.15, 0.2) is 0 Å². The van der Waals surface area contributed by atoms with Crippen LogP contribution in [0.2, 0.25) is 0 Å². The van der Waals surface area contributed by atoms with Crippen molar-refractivity contribution in [3.8, 4) is 0 Å². The van der Waals surface area contributed by atoms with E-state index in [1.54, 1.807) is 0 Å². The molecule has 20 heavy (non-hydrogen) atoms. The summed E-state index contributed by atoms with van der Waals surface area (Å²) >= 11 is 0. The van der Waals surface area contributed by atoms with Gasteiger partial charge in [-0.15, -0.1) is 0 Å². The standard InChI is InChI=1S/C17H24N2O/c1-13-4-3-5-15(14(13)2)16(20)19-10-7-17(8-11-19)6-9-18-12-17/h3-5,18H,6-12H2,1-2H3. The highest BCUT2D eigenvalue weighted by Crippen LogP contribution is 2.37. The number of hydrogen-bond acceptors (Lipinski definition) is 2. The second-order valence-electron chi connectivity index (χ2n) is 6.47. The molecule has 1 N–H and O–H groups in total. The third-order valence-electron chi connectivity index (χ3n) is 5.28. The Kier molecular flexibility index (Phi) is 3.55. The van der Waals surface area contributed by atoms with E-state index in [0.29, 0.717) is 5.41 Å². The Morgan fingerprint density at radius 1 is 1.20 bits per heavy atom. The van der Waals surface area contributed by atoms with Gasteiger partial charge in [0.25, 0.3) is 5.91 Å². The van der Waals surface area contributed by atoms with Crippen molar-refractivity contribution in [1.82, 2.24) is 10.2 Å². The number of benzene rings is 1. The summed E-state index contributed by atoms with van der Waals surface area (Å²) in [5, 5.41) is 3.47. The minimum Gasteiger partial charge on any atom is -0.339 e. The first-order valence-corrected chi connectivity index (χ1v) is 7.68. The second-order valence-corrected chi connectivity index (χ2v) is 6.47. The normalized spacial score (nSPS) is 21.4. The number of carbonyl (C=O) groups excluding carboxylic acids is 1. The third-order valence-corrected chi connectivity index (χ3v) is 5.28. The van der Waals surface area contributed by atoms with Crippen molar-refractivity contribution in [3.05, 3.63) is 34.9 Å². The number of piperidine rings is 1. The molecule has 3 heteroatoms. The minimum atomic E-state index is 0.215. The number of nitrogens with zero attached hydrogens (tertiary/aromatic N) is 1. The molecule has 1 spiro atoms. The van der Waals surface area contributed by atoms with Crippen molar-refractivity contribution < 1.29 is 4.79 Å². The summed E-state index contributed by atoms with van der Waals surface area (Å²) in [5.74, 6) is 0.215. The molecule has 108 valence electrons. The van der Waals surface area contributed by atoms with Gasteiger partial charge >= 0.3 is 0 Å². The summed E-state index contributed by atoms with van der Waals surface area (Å²) in [4.78, 5) is 14.7. The Bertz CT molecular complexity index is 508. The van der Waals surface area contributed by atoms with Gasteiger partial charge in [-0.25, -0.2) is 0 Å². The summed E-state index contributed by atoms with van der Waals surface area (Å²) in [5.41, 5.74) is 3.67. The summed E-state index contributed by atoms with van der Waals surface area (Å²) in [6.45, 7) is 8.22. The average Bonchev–Trinajstić information content (AvgIpc) is 2.90. The van der Waals surface area contributed by atoms with Gasteiger partial charge in [0.2, 0.25) is 0 Å². The molecular formula is C17H24N2O. The van der Waals surface area contributed by atoms with Crippen LogP contribution in [-0.2, 0) is 0 Å². The summed E-state index contributed by atoms with van der Waals surface area (Å²) in [6, 6.07) is 6.02.